The topological polar surface area (TPSA) is 61.3 Å². The minimum atomic E-state index is -0.454. The van der Waals surface area contributed by atoms with Crippen molar-refractivity contribution in [3.05, 3.63) is 30.1 Å². The van der Waals surface area contributed by atoms with E-state index in [1.807, 2.05) is 0 Å². The van der Waals surface area contributed by atoms with Crippen LogP contribution in [0, 0.1) is 5.82 Å². The zero-order valence-corrected chi connectivity index (χ0v) is 8.03. The summed E-state index contributed by atoms with van der Waals surface area (Å²) in [6.45, 7) is 0. The molecular formula is C10H9FN2O2. The van der Waals surface area contributed by atoms with Crippen molar-refractivity contribution < 1.29 is 13.7 Å². The van der Waals surface area contributed by atoms with Crippen LogP contribution in [0.25, 0.3) is 11.3 Å². The zero-order chi connectivity index (χ0) is 10.8. The summed E-state index contributed by atoms with van der Waals surface area (Å²) in [7, 11) is 1.39. The molecule has 0 saturated carbocycles. The monoisotopic (exact) mass is 208 g/mol. The maximum Gasteiger partial charge on any atom is 0.172 e. The highest BCUT2D eigenvalue weighted by atomic mass is 19.1. The van der Waals surface area contributed by atoms with Crippen LogP contribution in [-0.4, -0.2) is 12.3 Å². The van der Waals surface area contributed by atoms with Gasteiger partial charge in [-0.1, -0.05) is 11.2 Å². The number of ether oxygens (including phenoxy) is 1. The molecule has 1 heterocycles. The van der Waals surface area contributed by atoms with Crippen LogP contribution in [0.4, 0.5) is 10.2 Å². The third kappa shape index (κ3) is 1.63. The van der Waals surface area contributed by atoms with Crippen molar-refractivity contribution in [1.82, 2.24) is 5.16 Å². The number of nitrogen functional groups attached to an aromatic ring is 1. The Balaban J connectivity index is 2.57. The molecule has 0 aliphatic heterocycles. The van der Waals surface area contributed by atoms with E-state index >= 15 is 0 Å². The number of rotatable bonds is 2. The van der Waals surface area contributed by atoms with E-state index in [0.717, 1.165) is 0 Å². The summed E-state index contributed by atoms with van der Waals surface area (Å²) in [4.78, 5) is 0. The molecule has 0 saturated heterocycles. The second-order valence-corrected chi connectivity index (χ2v) is 2.94. The molecule has 4 nitrogen and oxygen atoms in total. The number of aromatic nitrogens is 1. The fourth-order valence-corrected chi connectivity index (χ4v) is 1.33. The Morgan fingerprint density at radius 1 is 1.47 bits per heavy atom. The minimum absolute atomic E-state index is 0.119. The van der Waals surface area contributed by atoms with E-state index in [1.54, 1.807) is 12.1 Å². The van der Waals surface area contributed by atoms with Gasteiger partial charge >= 0.3 is 0 Å². The van der Waals surface area contributed by atoms with E-state index in [1.165, 1.54) is 19.2 Å². The zero-order valence-electron chi connectivity index (χ0n) is 8.03. The number of anilines is 1. The molecule has 1 aromatic heterocycles. The van der Waals surface area contributed by atoms with Gasteiger partial charge in [-0.3, -0.25) is 0 Å². The minimum Gasteiger partial charge on any atom is -0.493 e. The molecule has 0 aliphatic rings. The van der Waals surface area contributed by atoms with Crippen molar-refractivity contribution >= 4 is 5.82 Å². The van der Waals surface area contributed by atoms with Crippen molar-refractivity contribution in [3.8, 4) is 17.1 Å². The molecule has 78 valence electrons. The van der Waals surface area contributed by atoms with Crippen LogP contribution >= 0.6 is 0 Å². The van der Waals surface area contributed by atoms with Crippen LogP contribution in [0.5, 0.6) is 5.75 Å². The van der Waals surface area contributed by atoms with E-state index in [0.29, 0.717) is 11.3 Å². The van der Waals surface area contributed by atoms with Gasteiger partial charge in [0.2, 0.25) is 0 Å². The number of methoxy groups -OCH3 is 1. The molecule has 1 aromatic carbocycles. The van der Waals surface area contributed by atoms with E-state index in [-0.39, 0.29) is 11.6 Å². The van der Waals surface area contributed by atoms with E-state index < -0.39 is 5.82 Å². The average molecular weight is 208 g/mol. The van der Waals surface area contributed by atoms with Crippen molar-refractivity contribution in [1.29, 1.82) is 0 Å². The molecular weight excluding hydrogens is 199 g/mol. The lowest BCUT2D eigenvalue weighted by Gasteiger charge is -2.05. The van der Waals surface area contributed by atoms with Crippen LogP contribution in [0.2, 0.25) is 0 Å². The summed E-state index contributed by atoms with van der Waals surface area (Å²) < 4.78 is 23.2. The lowest BCUT2D eigenvalue weighted by molar-refractivity contribution is 0.383. The second-order valence-electron chi connectivity index (χ2n) is 2.94. The van der Waals surface area contributed by atoms with Gasteiger partial charge in [0, 0.05) is 6.07 Å². The fraction of sp³-hybridized carbons (Fsp3) is 0.100. The van der Waals surface area contributed by atoms with Gasteiger partial charge in [0.1, 0.15) is 0 Å². The summed E-state index contributed by atoms with van der Waals surface area (Å²) in [6, 6.07) is 6.05. The molecule has 0 bridgehead atoms. The Hall–Kier alpha value is -2.04. The van der Waals surface area contributed by atoms with Crippen LogP contribution in [-0.2, 0) is 0 Å². The molecule has 2 rings (SSSR count). The van der Waals surface area contributed by atoms with Crippen molar-refractivity contribution in [2.45, 2.75) is 0 Å². The highest BCUT2D eigenvalue weighted by Crippen LogP contribution is 2.32. The Morgan fingerprint density at radius 2 is 2.27 bits per heavy atom. The highest BCUT2D eigenvalue weighted by molar-refractivity contribution is 5.67. The number of nitrogens with two attached hydrogens (primary N) is 1. The Morgan fingerprint density at radius 3 is 2.87 bits per heavy atom. The van der Waals surface area contributed by atoms with Gasteiger partial charge in [0.15, 0.2) is 23.1 Å². The molecule has 0 unspecified atom stereocenters. The third-order valence-corrected chi connectivity index (χ3v) is 1.96. The first-order valence-electron chi connectivity index (χ1n) is 4.27. The molecule has 2 aromatic rings. The highest BCUT2D eigenvalue weighted by Gasteiger charge is 2.14. The maximum absolute atomic E-state index is 13.3. The van der Waals surface area contributed by atoms with E-state index in [4.69, 9.17) is 15.0 Å². The van der Waals surface area contributed by atoms with Crippen LogP contribution < -0.4 is 10.5 Å². The van der Waals surface area contributed by atoms with Crippen LogP contribution in [0.1, 0.15) is 0 Å². The van der Waals surface area contributed by atoms with Gasteiger partial charge in [-0.05, 0) is 12.1 Å². The molecule has 0 atom stereocenters. The molecule has 0 radical (unpaired) electrons. The van der Waals surface area contributed by atoms with Gasteiger partial charge in [0.05, 0.1) is 12.7 Å². The number of benzene rings is 1. The molecule has 2 N–H and O–H groups in total. The van der Waals surface area contributed by atoms with Gasteiger partial charge < -0.3 is 15.0 Å². The van der Waals surface area contributed by atoms with Crippen molar-refractivity contribution in [3.63, 3.8) is 0 Å². The lowest BCUT2D eigenvalue weighted by Crippen LogP contribution is -1.90. The number of nitrogens with zero attached hydrogens (tertiary/aromatic N) is 1. The predicted molar refractivity (Wildman–Crippen MR) is 52.9 cm³/mol. The molecule has 15 heavy (non-hydrogen) atoms. The summed E-state index contributed by atoms with van der Waals surface area (Å²) >= 11 is 0. The lowest BCUT2D eigenvalue weighted by atomic mass is 10.1. The summed E-state index contributed by atoms with van der Waals surface area (Å²) in [5, 5.41) is 3.52. The quantitative estimate of drug-likeness (QED) is 0.820. The third-order valence-electron chi connectivity index (χ3n) is 1.96. The smallest absolute Gasteiger partial charge is 0.172 e. The Bertz CT molecular complexity index is 482. The van der Waals surface area contributed by atoms with Crippen LogP contribution in [0.3, 0.4) is 0 Å². The van der Waals surface area contributed by atoms with E-state index in [9.17, 15) is 4.39 Å². The van der Waals surface area contributed by atoms with Gasteiger partial charge in [-0.2, -0.15) is 0 Å². The average Bonchev–Trinajstić information content (AvgIpc) is 2.64. The first-order valence-corrected chi connectivity index (χ1v) is 4.27. The normalized spacial score (nSPS) is 10.3. The number of para-hydroxylation sites is 1. The van der Waals surface area contributed by atoms with Crippen molar-refractivity contribution in [2.75, 3.05) is 12.8 Å². The molecule has 0 aliphatic carbocycles. The van der Waals surface area contributed by atoms with Gasteiger partial charge in [-0.25, -0.2) is 4.39 Å². The SMILES string of the molecule is COc1c(F)cccc1-c1cc(N)no1. The molecule has 0 amide bonds. The molecule has 5 heteroatoms. The number of hydrogen-bond donors (Lipinski definition) is 1. The Labute approximate surface area is 85.4 Å². The number of halogens is 1. The fourth-order valence-electron chi connectivity index (χ4n) is 1.33. The van der Waals surface area contributed by atoms with Crippen molar-refractivity contribution in [2.24, 2.45) is 0 Å². The standard InChI is InChI=1S/C10H9FN2O2/c1-14-10-6(3-2-4-7(10)11)8-5-9(12)13-15-8/h2-5H,1H3,(H2,12,13). The summed E-state index contributed by atoms with van der Waals surface area (Å²) in [5.74, 6) is 0.291. The molecule has 0 fully saturated rings. The first-order chi connectivity index (χ1) is 7.22. The van der Waals surface area contributed by atoms with Gasteiger partial charge in [-0.15, -0.1) is 0 Å². The maximum atomic E-state index is 13.3. The first kappa shape index (κ1) is 9.51. The molecule has 0 spiro atoms. The largest absolute Gasteiger partial charge is 0.493 e. The van der Waals surface area contributed by atoms with Crippen LogP contribution in [0.15, 0.2) is 28.8 Å². The predicted octanol–water partition coefficient (Wildman–Crippen LogP) is 2.07. The number of hydrogen-bond acceptors (Lipinski definition) is 4. The van der Waals surface area contributed by atoms with E-state index in [2.05, 4.69) is 5.16 Å². The Kier molecular flexibility index (Phi) is 2.29. The summed E-state index contributed by atoms with van der Waals surface area (Å²) in [5.41, 5.74) is 5.89. The second kappa shape index (κ2) is 3.61. The van der Waals surface area contributed by atoms with Gasteiger partial charge in [0.25, 0.3) is 0 Å². The summed E-state index contributed by atoms with van der Waals surface area (Å²) in [6.07, 6.45) is 0.